The molecule has 0 fully saturated rings. The van der Waals surface area contributed by atoms with E-state index in [2.05, 4.69) is 36.5 Å². The summed E-state index contributed by atoms with van der Waals surface area (Å²) in [4.78, 5) is 0. The Kier molecular flexibility index (Phi) is 9.35. The largest absolute Gasteiger partial charge is 0.392 e. The van der Waals surface area contributed by atoms with E-state index in [0.717, 1.165) is 13.0 Å². The summed E-state index contributed by atoms with van der Waals surface area (Å²) in [5, 5.41) is 13.4. The van der Waals surface area contributed by atoms with Gasteiger partial charge in [0.15, 0.2) is 0 Å². The zero-order valence-electron chi connectivity index (χ0n) is 13.1. The van der Waals surface area contributed by atoms with Crippen LogP contribution in [0.2, 0.25) is 0 Å². The minimum atomic E-state index is -0.283. The molecule has 1 rings (SSSR count). The van der Waals surface area contributed by atoms with E-state index < -0.39 is 0 Å². The molecule has 2 heteroatoms. The first kappa shape index (κ1) is 17.2. The fourth-order valence-electron chi connectivity index (χ4n) is 2.50. The van der Waals surface area contributed by atoms with Gasteiger partial charge in [-0.05, 0) is 18.9 Å². The average molecular weight is 277 g/mol. The first-order valence-corrected chi connectivity index (χ1v) is 8.19. The Morgan fingerprint density at radius 3 is 2.30 bits per heavy atom. The quantitative estimate of drug-likeness (QED) is 0.592. The molecule has 0 aromatic heterocycles. The van der Waals surface area contributed by atoms with Crippen LogP contribution in [0.15, 0.2) is 30.3 Å². The highest BCUT2D eigenvalue weighted by Gasteiger charge is 2.13. The summed E-state index contributed by atoms with van der Waals surface area (Å²) in [6.07, 6.45) is 8.62. The Bertz CT molecular complexity index is 323. The minimum Gasteiger partial charge on any atom is -0.392 e. The molecule has 0 amide bonds. The molecule has 0 heterocycles. The Morgan fingerprint density at radius 1 is 1.00 bits per heavy atom. The van der Waals surface area contributed by atoms with Gasteiger partial charge in [0.05, 0.1) is 6.10 Å². The summed E-state index contributed by atoms with van der Waals surface area (Å²) < 4.78 is 0. The van der Waals surface area contributed by atoms with Gasteiger partial charge in [-0.15, -0.1) is 0 Å². The monoisotopic (exact) mass is 277 g/mol. The molecule has 0 aliphatic carbocycles. The number of benzene rings is 1. The van der Waals surface area contributed by atoms with Crippen molar-refractivity contribution in [2.24, 2.45) is 0 Å². The zero-order chi connectivity index (χ0) is 14.6. The summed E-state index contributed by atoms with van der Waals surface area (Å²) in [6, 6.07) is 10.6. The van der Waals surface area contributed by atoms with Crippen molar-refractivity contribution in [1.82, 2.24) is 5.32 Å². The van der Waals surface area contributed by atoms with Crippen LogP contribution in [-0.4, -0.2) is 17.3 Å². The average Bonchev–Trinajstić information content (AvgIpc) is 2.46. The van der Waals surface area contributed by atoms with Crippen LogP contribution in [-0.2, 0) is 6.54 Å². The maximum atomic E-state index is 9.87. The van der Waals surface area contributed by atoms with E-state index >= 15 is 0 Å². The van der Waals surface area contributed by atoms with Crippen LogP contribution in [0.5, 0.6) is 0 Å². The van der Waals surface area contributed by atoms with Crippen molar-refractivity contribution < 1.29 is 5.11 Å². The van der Waals surface area contributed by atoms with Gasteiger partial charge in [0.25, 0.3) is 0 Å². The maximum Gasteiger partial charge on any atom is 0.0665 e. The third-order valence-electron chi connectivity index (χ3n) is 3.86. The van der Waals surface area contributed by atoms with Gasteiger partial charge in [-0.3, -0.25) is 0 Å². The zero-order valence-corrected chi connectivity index (χ0v) is 13.1. The standard InChI is InChI=1S/C18H31NO/c1-3-4-5-6-7-11-14-18(16(2)20)19-15-17-12-9-8-10-13-17/h8-10,12-13,16,18-20H,3-7,11,14-15H2,1-2H3/t16-,18+/m0/s1. The lowest BCUT2D eigenvalue weighted by Gasteiger charge is -2.21. The lowest BCUT2D eigenvalue weighted by Crippen LogP contribution is -2.37. The van der Waals surface area contributed by atoms with Crippen molar-refractivity contribution in [2.75, 3.05) is 0 Å². The second kappa shape index (κ2) is 10.9. The number of rotatable bonds is 11. The lowest BCUT2D eigenvalue weighted by atomic mass is 10.0. The van der Waals surface area contributed by atoms with Gasteiger partial charge in [-0.2, -0.15) is 0 Å². The van der Waals surface area contributed by atoms with Gasteiger partial charge < -0.3 is 10.4 Å². The van der Waals surface area contributed by atoms with Crippen LogP contribution in [0, 0.1) is 0 Å². The minimum absolute atomic E-state index is 0.210. The molecule has 0 unspecified atom stereocenters. The second-order valence-electron chi connectivity index (χ2n) is 5.77. The molecule has 0 spiro atoms. The van der Waals surface area contributed by atoms with E-state index in [9.17, 15) is 5.11 Å². The van der Waals surface area contributed by atoms with E-state index in [-0.39, 0.29) is 12.1 Å². The summed E-state index contributed by atoms with van der Waals surface area (Å²) in [6.45, 7) is 4.98. The van der Waals surface area contributed by atoms with E-state index in [1.807, 2.05) is 13.0 Å². The van der Waals surface area contributed by atoms with Crippen molar-refractivity contribution >= 4 is 0 Å². The van der Waals surface area contributed by atoms with Gasteiger partial charge in [-0.1, -0.05) is 75.8 Å². The van der Waals surface area contributed by atoms with E-state index in [0.29, 0.717) is 0 Å². The van der Waals surface area contributed by atoms with Crippen LogP contribution in [0.1, 0.15) is 64.4 Å². The molecule has 114 valence electrons. The van der Waals surface area contributed by atoms with Gasteiger partial charge in [0, 0.05) is 12.6 Å². The van der Waals surface area contributed by atoms with Crippen LogP contribution >= 0.6 is 0 Å². The van der Waals surface area contributed by atoms with Crippen LogP contribution in [0.4, 0.5) is 0 Å². The number of nitrogens with one attached hydrogen (secondary N) is 1. The molecule has 1 aromatic rings. The van der Waals surface area contributed by atoms with Gasteiger partial charge in [0.1, 0.15) is 0 Å². The highest BCUT2D eigenvalue weighted by atomic mass is 16.3. The molecule has 2 N–H and O–H groups in total. The molecule has 0 bridgehead atoms. The van der Waals surface area contributed by atoms with Crippen molar-refractivity contribution in [1.29, 1.82) is 0 Å². The topological polar surface area (TPSA) is 32.3 Å². The number of aliphatic hydroxyl groups is 1. The summed E-state index contributed by atoms with van der Waals surface area (Å²) in [5.41, 5.74) is 1.28. The number of unbranched alkanes of at least 4 members (excludes halogenated alkanes) is 5. The molecule has 0 aliphatic rings. The van der Waals surface area contributed by atoms with Crippen LogP contribution in [0.3, 0.4) is 0 Å². The molecule has 0 aliphatic heterocycles. The van der Waals surface area contributed by atoms with Crippen molar-refractivity contribution in [3.63, 3.8) is 0 Å². The fraction of sp³-hybridized carbons (Fsp3) is 0.667. The Labute approximate surface area is 124 Å². The number of hydrogen-bond donors (Lipinski definition) is 2. The smallest absolute Gasteiger partial charge is 0.0665 e. The normalized spacial score (nSPS) is 14.2. The number of hydrogen-bond acceptors (Lipinski definition) is 2. The summed E-state index contributed by atoms with van der Waals surface area (Å²) >= 11 is 0. The Balaban J connectivity index is 2.20. The molecular weight excluding hydrogens is 246 g/mol. The SMILES string of the molecule is CCCCCCCC[C@@H](NCc1ccccc1)[C@H](C)O. The van der Waals surface area contributed by atoms with Crippen LogP contribution < -0.4 is 5.32 Å². The summed E-state index contributed by atoms with van der Waals surface area (Å²) in [7, 11) is 0. The van der Waals surface area contributed by atoms with E-state index in [1.54, 1.807) is 0 Å². The molecule has 0 saturated heterocycles. The van der Waals surface area contributed by atoms with Crippen molar-refractivity contribution in [2.45, 2.75) is 77.5 Å². The second-order valence-corrected chi connectivity index (χ2v) is 5.77. The molecule has 1 aromatic carbocycles. The first-order valence-electron chi connectivity index (χ1n) is 8.19. The van der Waals surface area contributed by atoms with Crippen molar-refractivity contribution in [3.05, 3.63) is 35.9 Å². The molecule has 0 radical (unpaired) electrons. The summed E-state index contributed by atoms with van der Waals surface area (Å²) in [5.74, 6) is 0. The molecule has 20 heavy (non-hydrogen) atoms. The van der Waals surface area contributed by atoms with Gasteiger partial charge >= 0.3 is 0 Å². The number of aliphatic hydroxyl groups excluding tert-OH is 1. The molecule has 0 saturated carbocycles. The highest BCUT2D eigenvalue weighted by molar-refractivity contribution is 5.14. The third kappa shape index (κ3) is 7.66. The van der Waals surface area contributed by atoms with Gasteiger partial charge in [0.2, 0.25) is 0 Å². The molecule has 2 atom stereocenters. The lowest BCUT2D eigenvalue weighted by molar-refractivity contribution is 0.137. The van der Waals surface area contributed by atoms with Gasteiger partial charge in [-0.25, -0.2) is 0 Å². The Hall–Kier alpha value is -0.860. The molecular formula is C18H31NO. The van der Waals surface area contributed by atoms with Crippen LogP contribution in [0.25, 0.3) is 0 Å². The third-order valence-corrected chi connectivity index (χ3v) is 3.86. The predicted molar refractivity (Wildman–Crippen MR) is 86.7 cm³/mol. The fourth-order valence-corrected chi connectivity index (χ4v) is 2.50. The van der Waals surface area contributed by atoms with E-state index in [1.165, 1.54) is 44.1 Å². The predicted octanol–water partition coefficient (Wildman–Crippen LogP) is 4.28. The first-order chi connectivity index (χ1) is 9.74. The van der Waals surface area contributed by atoms with Crippen molar-refractivity contribution in [3.8, 4) is 0 Å². The Morgan fingerprint density at radius 2 is 1.65 bits per heavy atom. The maximum absolute atomic E-state index is 9.87. The van der Waals surface area contributed by atoms with E-state index in [4.69, 9.17) is 0 Å². The molecule has 2 nitrogen and oxygen atoms in total. The highest BCUT2D eigenvalue weighted by Crippen LogP contribution is 2.11.